The molecule has 1 amide bonds. The first-order valence-electron chi connectivity index (χ1n) is 8.11. The van der Waals surface area contributed by atoms with Gasteiger partial charge in [0.2, 0.25) is 5.91 Å². The van der Waals surface area contributed by atoms with Gasteiger partial charge in [-0.15, -0.1) is 0 Å². The van der Waals surface area contributed by atoms with Crippen LogP contribution in [0.2, 0.25) is 0 Å². The number of rotatable bonds is 6. The second kappa shape index (κ2) is 6.90. The van der Waals surface area contributed by atoms with Gasteiger partial charge in [0.15, 0.2) is 0 Å². The van der Waals surface area contributed by atoms with E-state index in [9.17, 15) is 9.90 Å². The van der Waals surface area contributed by atoms with E-state index in [1.807, 2.05) is 11.9 Å². The monoisotopic (exact) mass is 282 g/mol. The quantitative estimate of drug-likeness (QED) is 0.809. The molecule has 116 valence electrons. The van der Waals surface area contributed by atoms with Crippen LogP contribution in [0.25, 0.3) is 0 Å². The predicted molar refractivity (Wildman–Crippen MR) is 80.5 cm³/mol. The number of carbonyl (C=O) groups is 1. The Bertz CT molecular complexity index is 323. The normalized spacial score (nSPS) is 26.1. The van der Waals surface area contributed by atoms with Gasteiger partial charge in [-0.3, -0.25) is 4.79 Å². The van der Waals surface area contributed by atoms with Gasteiger partial charge >= 0.3 is 0 Å². The molecule has 2 fully saturated rings. The van der Waals surface area contributed by atoms with Crippen LogP contribution in [0.3, 0.4) is 0 Å². The molecule has 1 aliphatic heterocycles. The van der Waals surface area contributed by atoms with Crippen molar-refractivity contribution in [1.29, 1.82) is 0 Å². The molecule has 2 rings (SSSR count). The molecule has 0 radical (unpaired) electrons. The number of hydrogen-bond donors (Lipinski definition) is 1. The molecule has 4 nitrogen and oxygen atoms in total. The van der Waals surface area contributed by atoms with Crippen LogP contribution in [0.4, 0.5) is 0 Å². The van der Waals surface area contributed by atoms with Gasteiger partial charge in [0, 0.05) is 31.5 Å². The maximum Gasteiger partial charge on any atom is 0.222 e. The van der Waals surface area contributed by atoms with Crippen molar-refractivity contribution in [3.8, 4) is 0 Å². The summed E-state index contributed by atoms with van der Waals surface area (Å²) in [5.41, 5.74) is 0.00599. The highest BCUT2D eigenvalue weighted by atomic mass is 16.3. The number of hydrogen-bond acceptors (Lipinski definition) is 3. The molecule has 20 heavy (non-hydrogen) atoms. The first-order valence-corrected chi connectivity index (χ1v) is 8.11. The second-order valence-electron chi connectivity index (χ2n) is 6.93. The van der Waals surface area contributed by atoms with Crippen LogP contribution >= 0.6 is 0 Å². The SMILES string of the molecule is CN(CC1(CO)CCC1)C(=O)CCC1CCCCN1C. The summed E-state index contributed by atoms with van der Waals surface area (Å²) in [7, 11) is 4.07. The summed E-state index contributed by atoms with van der Waals surface area (Å²) in [5.74, 6) is 0.240. The Kier molecular flexibility index (Phi) is 5.44. The molecular weight excluding hydrogens is 252 g/mol. The largest absolute Gasteiger partial charge is 0.396 e. The van der Waals surface area contributed by atoms with Crippen LogP contribution < -0.4 is 0 Å². The fourth-order valence-electron chi connectivity index (χ4n) is 3.62. The third-order valence-electron chi connectivity index (χ3n) is 5.36. The van der Waals surface area contributed by atoms with Gasteiger partial charge < -0.3 is 14.9 Å². The van der Waals surface area contributed by atoms with Crippen LogP contribution in [0, 0.1) is 5.41 Å². The number of amides is 1. The molecule has 1 saturated heterocycles. The van der Waals surface area contributed by atoms with Crippen molar-refractivity contribution in [1.82, 2.24) is 9.80 Å². The number of aliphatic hydroxyl groups excluding tert-OH is 1. The molecule has 0 aromatic rings. The van der Waals surface area contributed by atoms with Crippen molar-refractivity contribution in [2.45, 2.75) is 57.4 Å². The Morgan fingerprint density at radius 2 is 2.10 bits per heavy atom. The molecule has 1 unspecified atom stereocenters. The molecule has 1 atom stereocenters. The van der Waals surface area contributed by atoms with Crippen LogP contribution in [0.1, 0.15) is 51.4 Å². The average molecular weight is 282 g/mol. The smallest absolute Gasteiger partial charge is 0.222 e. The van der Waals surface area contributed by atoms with Gasteiger partial charge in [0.1, 0.15) is 0 Å². The van der Waals surface area contributed by atoms with Crippen molar-refractivity contribution in [2.24, 2.45) is 5.41 Å². The summed E-state index contributed by atoms with van der Waals surface area (Å²) in [6.07, 6.45) is 8.76. The van der Waals surface area contributed by atoms with Gasteiger partial charge in [-0.1, -0.05) is 12.8 Å². The summed E-state index contributed by atoms with van der Waals surface area (Å²) in [6, 6.07) is 0.580. The fourth-order valence-corrected chi connectivity index (χ4v) is 3.62. The van der Waals surface area contributed by atoms with E-state index in [4.69, 9.17) is 0 Å². The van der Waals surface area contributed by atoms with E-state index in [2.05, 4.69) is 11.9 Å². The number of likely N-dealkylation sites (tertiary alicyclic amines) is 1. The van der Waals surface area contributed by atoms with Crippen LogP contribution in [-0.2, 0) is 4.79 Å². The highest BCUT2D eigenvalue weighted by Gasteiger charge is 2.38. The van der Waals surface area contributed by atoms with E-state index < -0.39 is 0 Å². The van der Waals surface area contributed by atoms with Gasteiger partial charge in [0.25, 0.3) is 0 Å². The Morgan fingerprint density at radius 3 is 2.65 bits per heavy atom. The zero-order valence-corrected chi connectivity index (χ0v) is 13.1. The molecule has 1 aliphatic carbocycles. The van der Waals surface area contributed by atoms with E-state index >= 15 is 0 Å². The van der Waals surface area contributed by atoms with Gasteiger partial charge in [-0.25, -0.2) is 0 Å². The van der Waals surface area contributed by atoms with Crippen molar-refractivity contribution >= 4 is 5.91 Å². The maximum atomic E-state index is 12.3. The molecule has 0 bridgehead atoms. The standard InChI is InChI=1S/C16H30N2O2/c1-17-11-4-3-6-14(17)7-8-15(20)18(2)12-16(13-19)9-5-10-16/h14,19H,3-13H2,1-2H3. The molecule has 0 aromatic heterocycles. The van der Waals surface area contributed by atoms with Crippen molar-refractivity contribution in [2.75, 3.05) is 33.8 Å². The van der Waals surface area contributed by atoms with Crippen LogP contribution in [0.5, 0.6) is 0 Å². The molecular formula is C16H30N2O2. The van der Waals surface area contributed by atoms with Gasteiger partial charge in [-0.05, 0) is 45.7 Å². The third kappa shape index (κ3) is 3.73. The minimum Gasteiger partial charge on any atom is -0.396 e. The Labute approximate surface area is 123 Å². The van der Waals surface area contributed by atoms with Crippen molar-refractivity contribution in [3.05, 3.63) is 0 Å². The van der Waals surface area contributed by atoms with E-state index in [1.165, 1.54) is 32.2 Å². The number of carbonyl (C=O) groups excluding carboxylic acids is 1. The number of nitrogens with zero attached hydrogens (tertiary/aromatic N) is 2. The molecule has 0 aromatic carbocycles. The van der Waals surface area contributed by atoms with Crippen molar-refractivity contribution in [3.63, 3.8) is 0 Å². The van der Waals surface area contributed by atoms with E-state index in [0.29, 0.717) is 12.5 Å². The third-order valence-corrected chi connectivity index (χ3v) is 5.36. The number of aliphatic hydroxyl groups is 1. The summed E-state index contributed by atoms with van der Waals surface area (Å²) in [6.45, 7) is 2.11. The molecule has 2 aliphatic rings. The first-order chi connectivity index (χ1) is 9.56. The lowest BCUT2D eigenvalue weighted by Crippen LogP contribution is -2.45. The fraction of sp³-hybridized carbons (Fsp3) is 0.938. The zero-order chi connectivity index (χ0) is 14.6. The molecule has 1 saturated carbocycles. The predicted octanol–water partition coefficient (Wildman–Crippen LogP) is 1.87. The van der Waals surface area contributed by atoms with E-state index in [1.54, 1.807) is 0 Å². The molecule has 4 heteroatoms. The molecule has 1 heterocycles. The summed E-state index contributed by atoms with van der Waals surface area (Å²) < 4.78 is 0. The topological polar surface area (TPSA) is 43.8 Å². The average Bonchev–Trinajstić information content (AvgIpc) is 2.41. The maximum absolute atomic E-state index is 12.3. The van der Waals surface area contributed by atoms with E-state index in [0.717, 1.165) is 25.8 Å². The molecule has 1 N–H and O–H groups in total. The lowest BCUT2D eigenvalue weighted by Gasteiger charge is -2.43. The molecule has 0 spiro atoms. The van der Waals surface area contributed by atoms with Crippen LogP contribution in [0.15, 0.2) is 0 Å². The lowest BCUT2D eigenvalue weighted by molar-refractivity contribution is -0.133. The highest BCUT2D eigenvalue weighted by molar-refractivity contribution is 5.75. The summed E-state index contributed by atoms with van der Waals surface area (Å²) in [5, 5.41) is 9.49. The number of piperidine rings is 1. The second-order valence-corrected chi connectivity index (χ2v) is 6.93. The van der Waals surface area contributed by atoms with Crippen LogP contribution in [-0.4, -0.2) is 60.6 Å². The Balaban J connectivity index is 1.73. The Hall–Kier alpha value is -0.610. The zero-order valence-electron chi connectivity index (χ0n) is 13.1. The minimum absolute atomic E-state index is 0.00599. The minimum atomic E-state index is 0.00599. The van der Waals surface area contributed by atoms with Gasteiger partial charge in [0.05, 0.1) is 6.61 Å². The van der Waals surface area contributed by atoms with E-state index in [-0.39, 0.29) is 17.9 Å². The summed E-state index contributed by atoms with van der Waals surface area (Å²) >= 11 is 0. The van der Waals surface area contributed by atoms with Gasteiger partial charge in [-0.2, -0.15) is 0 Å². The first kappa shape index (κ1) is 15.8. The summed E-state index contributed by atoms with van der Waals surface area (Å²) in [4.78, 5) is 16.5. The lowest BCUT2D eigenvalue weighted by atomic mass is 9.69. The Morgan fingerprint density at radius 1 is 1.35 bits per heavy atom. The highest BCUT2D eigenvalue weighted by Crippen LogP contribution is 2.40. The van der Waals surface area contributed by atoms with Crippen molar-refractivity contribution < 1.29 is 9.90 Å².